The van der Waals surface area contributed by atoms with Gasteiger partial charge in [0.1, 0.15) is 0 Å². The lowest BCUT2D eigenvalue weighted by atomic mass is 9.91. The molecule has 11 heavy (non-hydrogen) atoms. The summed E-state index contributed by atoms with van der Waals surface area (Å²) in [6.45, 7) is 3.02. The summed E-state index contributed by atoms with van der Waals surface area (Å²) in [5.74, 6) is 0.635. The summed E-state index contributed by atoms with van der Waals surface area (Å²) in [7, 11) is 0. The molecule has 0 spiro atoms. The summed E-state index contributed by atoms with van der Waals surface area (Å²) >= 11 is 0. The Hall–Kier alpha value is -0.820. The lowest BCUT2D eigenvalue weighted by Gasteiger charge is -2.34. The summed E-state index contributed by atoms with van der Waals surface area (Å²) in [5, 5.41) is 0. The van der Waals surface area contributed by atoms with E-state index in [-0.39, 0.29) is 0 Å². The van der Waals surface area contributed by atoms with Gasteiger partial charge in [0.2, 0.25) is 0 Å². The maximum Gasteiger partial charge on any atom is 0.0637 e. The molecule has 1 aliphatic heterocycles. The lowest BCUT2D eigenvalue weighted by molar-refractivity contribution is -0.0644. The molecule has 1 saturated heterocycles. The molecule has 1 aromatic carbocycles. The van der Waals surface area contributed by atoms with E-state index in [1.807, 2.05) is 6.07 Å². The molecule has 0 saturated carbocycles. The predicted molar refractivity (Wildman–Crippen MR) is 44.6 cm³/mol. The van der Waals surface area contributed by atoms with Crippen molar-refractivity contribution in [1.82, 2.24) is 0 Å². The average molecular weight is 148 g/mol. The Labute approximate surface area is 67.0 Å². The van der Waals surface area contributed by atoms with Gasteiger partial charge in [0.15, 0.2) is 0 Å². The van der Waals surface area contributed by atoms with Gasteiger partial charge >= 0.3 is 0 Å². The fourth-order valence-corrected chi connectivity index (χ4v) is 1.45. The van der Waals surface area contributed by atoms with Gasteiger partial charge in [-0.3, -0.25) is 0 Å². The largest absolute Gasteiger partial charge is 0.377 e. The Morgan fingerprint density at radius 1 is 1.27 bits per heavy atom. The van der Waals surface area contributed by atoms with Crippen LogP contribution in [-0.4, -0.2) is 12.7 Å². The van der Waals surface area contributed by atoms with Gasteiger partial charge in [0.05, 0.1) is 12.7 Å². The number of benzene rings is 1. The summed E-state index contributed by atoms with van der Waals surface area (Å²) in [6, 6.07) is 10.6. The number of ether oxygens (including phenoxy) is 1. The quantitative estimate of drug-likeness (QED) is 0.593. The fraction of sp³-hybridized carbons (Fsp3) is 0.400. The molecule has 1 fully saturated rings. The molecule has 2 rings (SSSR count). The molecule has 0 amide bonds. The zero-order valence-electron chi connectivity index (χ0n) is 6.66. The number of rotatable bonds is 1. The van der Waals surface area contributed by atoms with E-state index in [4.69, 9.17) is 4.74 Å². The molecule has 58 valence electrons. The minimum Gasteiger partial charge on any atom is -0.377 e. The lowest BCUT2D eigenvalue weighted by Crippen LogP contribution is -2.34. The van der Waals surface area contributed by atoms with Crippen molar-refractivity contribution in [1.29, 1.82) is 0 Å². The van der Waals surface area contributed by atoms with E-state index in [1.54, 1.807) is 0 Å². The Kier molecular flexibility index (Phi) is 1.66. The Bertz CT molecular complexity index is 230. The van der Waals surface area contributed by atoms with Gasteiger partial charge in [-0.2, -0.15) is 0 Å². The molecular formula is C10H12O. The van der Waals surface area contributed by atoms with Crippen molar-refractivity contribution in [3.05, 3.63) is 35.9 Å². The third kappa shape index (κ3) is 1.16. The molecule has 0 aromatic heterocycles. The molecular weight excluding hydrogens is 136 g/mol. The molecule has 0 aliphatic carbocycles. The molecule has 0 radical (unpaired) electrons. The topological polar surface area (TPSA) is 9.23 Å². The first-order valence-corrected chi connectivity index (χ1v) is 4.04. The van der Waals surface area contributed by atoms with Crippen molar-refractivity contribution in [2.24, 2.45) is 0 Å². The fourth-order valence-electron chi connectivity index (χ4n) is 1.45. The van der Waals surface area contributed by atoms with Crippen molar-refractivity contribution in [2.45, 2.75) is 18.9 Å². The zero-order chi connectivity index (χ0) is 7.68. The van der Waals surface area contributed by atoms with Crippen molar-refractivity contribution in [2.75, 3.05) is 6.61 Å². The van der Waals surface area contributed by atoms with Crippen LogP contribution in [0, 0.1) is 0 Å². The van der Waals surface area contributed by atoms with Crippen molar-refractivity contribution in [3.8, 4) is 0 Å². The molecule has 1 nitrogen and oxygen atoms in total. The first-order valence-electron chi connectivity index (χ1n) is 4.04. The van der Waals surface area contributed by atoms with E-state index in [0.717, 1.165) is 6.61 Å². The Morgan fingerprint density at radius 2 is 2.00 bits per heavy atom. The van der Waals surface area contributed by atoms with E-state index in [0.29, 0.717) is 12.0 Å². The second-order valence-electron chi connectivity index (χ2n) is 3.06. The van der Waals surface area contributed by atoms with Gasteiger partial charge in [0.25, 0.3) is 0 Å². The monoisotopic (exact) mass is 148 g/mol. The van der Waals surface area contributed by atoms with Crippen molar-refractivity contribution >= 4 is 0 Å². The second kappa shape index (κ2) is 2.67. The second-order valence-corrected chi connectivity index (χ2v) is 3.06. The van der Waals surface area contributed by atoms with Gasteiger partial charge in [0, 0.05) is 5.92 Å². The molecule has 1 aromatic rings. The molecule has 2 unspecified atom stereocenters. The predicted octanol–water partition coefficient (Wildman–Crippen LogP) is 2.19. The van der Waals surface area contributed by atoms with Crippen LogP contribution in [0.3, 0.4) is 0 Å². The number of hydrogen-bond donors (Lipinski definition) is 0. The van der Waals surface area contributed by atoms with Crippen LogP contribution >= 0.6 is 0 Å². The highest BCUT2D eigenvalue weighted by Gasteiger charge is 2.28. The minimum absolute atomic E-state index is 0.414. The van der Waals surface area contributed by atoms with Crippen LogP contribution in [0.2, 0.25) is 0 Å². The smallest absolute Gasteiger partial charge is 0.0637 e. The molecule has 1 heterocycles. The maximum atomic E-state index is 5.30. The van der Waals surface area contributed by atoms with Gasteiger partial charge in [-0.05, 0) is 12.5 Å². The Balaban J connectivity index is 2.17. The molecule has 1 aliphatic rings. The first kappa shape index (κ1) is 6.86. The third-order valence-electron chi connectivity index (χ3n) is 2.33. The van der Waals surface area contributed by atoms with Crippen LogP contribution in [-0.2, 0) is 4.74 Å². The zero-order valence-corrected chi connectivity index (χ0v) is 6.66. The van der Waals surface area contributed by atoms with E-state index in [2.05, 4.69) is 31.2 Å². The average Bonchev–Trinajstić information content (AvgIpc) is 2.04. The highest BCUT2D eigenvalue weighted by Crippen LogP contribution is 2.30. The summed E-state index contributed by atoms with van der Waals surface area (Å²) in [6.07, 6.45) is 0.414. The SMILES string of the molecule is CC1OCC1c1ccccc1. The first-order chi connectivity index (χ1) is 5.38. The normalized spacial score (nSPS) is 29.5. The molecule has 2 atom stereocenters. The molecule has 0 N–H and O–H groups in total. The van der Waals surface area contributed by atoms with Gasteiger partial charge < -0.3 is 4.74 Å². The van der Waals surface area contributed by atoms with Crippen molar-refractivity contribution < 1.29 is 4.74 Å². The summed E-state index contributed by atoms with van der Waals surface area (Å²) in [4.78, 5) is 0. The van der Waals surface area contributed by atoms with Crippen LogP contribution in [0.1, 0.15) is 18.4 Å². The summed E-state index contributed by atoms with van der Waals surface area (Å²) < 4.78 is 5.30. The van der Waals surface area contributed by atoms with Crippen LogP contribution < -0.4 is 0 Å². The highest BCUT2D eigenvalue weighted by atomic mass is 16.5. The number of hydrogen-bond acceptors (Lipinski definition) is 1. The maximum absolute atomic E-state index is 5.30. The Morgan fingerprint density at radius 3 is 2.45 bits per heavy atom. The van der Waals surface area contributed by atoms with E-state index < -0.39 is 0 Å². The van der Waals surface area contributed by atoms with Gasteiger partial charge in [-0.15, -0.1) is 0 Å². The minimum atomic E-state index is 0.414. The van der Waals surface area contributed by atoms with Gasteiger partial charge in [-0.25, -0.2) is 0 Å². The molecule has 1 heteroatoms. The van der Waals surface area contributed by atoms with Crippen LogP contribution in [0.15, 0.2) is 30.3 Å². The van der Waals surface area contributed by atoms with Crippen molar-refractivity contribution in [3.63, 3.8) is 0 Å². The third-order valence-corrected chi connectivity index (χ3v) is 2.33. The van der Waals surface area contributed by atoms with Crippen LogP contribution in [0.5, 0.6) is 0 Å². The summed E-state index contributed by atoms with van der Waals surface area (Å²) in [5.41, 5.74) is 1.41. The van der Waals surface area contributed by atoms with E-state index in [9.17, 15) is 0 Å². The van der Waals surface area contributed by atoms with E-state index >= 15 is 0 Å². The highest BCUT2D eigenvalue weighted by molar-refractivity contribution is 5.22. The van der Waals surface area contributed by atoms with E-state index in [1.165, 1.54) is 5.56 Å². The van der Waals surface area contributed by atoms with Crippen LogP contribution in [0.4, 0.5) is 0 Å². The van der Waals surface area contributed by atoms with Gasteiger partial charge in [-0.1, -0.05) is 30.3 Å². The molecule has 0 bridgehead atoms. The standard InChI is InChI=1S/C10H12O/c1-8-10(7-11-8)9-5-3-2-4-6-9/h2-6,8,10H,7H2,1H3. The van der Waals surface area contributed by atoms with Crippen LogP contribution in [0.25, 0.3) is 0 Å².